The first-order chi connectivity index (χ1) is 19.1. The monoisotopic (exact) mass is 562 g/mol. The standard InChI is InChI=1S/C37H58N2O2/c1-23(2)10-9-11-24(3)27-16-20-37(8)29-14-15-31-34(4,5)32(41-33(40)26-13-12-25(38)22-30(26)39)18-19-35(31,6)28(29)17-21-36(27,37)7/h10,12-13,22,24,27-29,31-32H,9,11,14-21,38-39H2,1-8H3/t24?,27?,28?,29?,31?,32?,35?,36-,37?/m1/s1. The molecule has 5 rings (SSSR count). The molecule has 1 aromatic carbocycles. The first-order valence-corrected chi connectivity index (χ1v) is 16.6. The number of rotatable bonds is 6. The molecule has 41 heavy (non-hydrogen) atoms. The predicted octanol–water partition coefficient (Wildman–Crippen LogP) is 9.44. The van der Waals surface area contributed by atoms with Crippen LogP contribution in [0.25, 0.3) is 0 Å². The van der Waals surface area contributed by atoms with E-state index < -0.39 is 0 Å². The molecule has 0 bridgehead atoms. The minimum Gasteiger partial charge on any atom is -0.458 e. The Hall–Kier alpha value is -1.97. The van der Waals surface area contributed by atoms with Crippen LogP contribution in [0.4, 0.5) is 11.4 Å². The normalized spacial score (nSPS) is 40.0. The number of esters is 1. The number of nitrogen functional groups attached to an aromatic ring is 2. The molecular formula is C37H58N2O2. The van der Waals surface area contributed by atoms with Gasteiger partial charge in [-0.2, -0.15) is 0 Å². The largest absolute Gasteiger partial charge is 0.458 e. The van der Waals surface area contributed by atoms with Crippen LogP contribution < -0.4 is 11.5 Å². The molecule has 0 saturated heterocycles. The lowest BCUT2D eigenvalue weighted by molar-refractivity contribution is -0.200. The van der Waals surface area contributed by atoms with Crippen LogP contribution in [0.2, 0.25) is 0 Å². The van der Waals surface area contributed by atoms with Crippen LogP contribution >= 0.6 is 0 Å². The third-order valence-electron chi connectivity index (χ3n) is 13.9. The number of benzene rings is 1. The highest BCUT2D eigenvalue weighted by Gasteiger charge is 2.67. The summed E-state index contributed by atoms with van der Waals surface area (Å²) in [5.74, 6) is 3.45. The second-order valence-corrected chi connectivity index (χ2v) is 16.3. The van der Waals surface area contributed by atoms with Gasteiger partial charge in [0.2, 0.25) is 0 Å². The van der Waals surface area contributed by atoms with Gasteiger partial charge >= 0.3 is 5.97 Å². The van der Waals surface area contributed by atoms with E-state index in [0.717, 1.165) is 36.5 Å². The number of hydrogen-bond acceptors (Lipinski definition) is 4. The lowest BCUT2D eigenvalue weighted by atomic mass is 9.38. The average Bonchev–Trinajstić information content (AvgIpc) is 3.16. The van der Waals surface area contributed by atoms with E-state index in [1.165, 1.54) is 56.9 Å². The maximum absolute atomic E-state index is 13.2. The van der Waals surface area contributed by atoms with Crippen molar-refractivity contribution in [1.29, 1.82) is 0 Å². The van der Waals surface area contributed by atoms with Crippen molar-refractivity contribution in [3.05, 3.63) is 35.4 Å². The van der Waals surface area contributed by atoms with E-state index in [2.05, 4.69) is 61.5 Å². The molecule has 1 aromatic rings. The first kappa shape index (κ1) is 30.5. The van der Waals surface area contributed by atoms with E-state index in [1.54, 1.807) is 18.2 Å². The summed E-state index contributed by atoms with van der Waals surface area (Å²) < 4.78 is 6.27. The van der Waals surface area contributed by atoms with Gasteiger partial charge in [0.1, 0.15) is 6.10 Å². The molecule has 4 N–H and O–H groups in total. The van der Waals surface area contributed by atoms with Gasteiger partial charge < -0.3 is 16.2 Å². The summed E-state index contributed by atoms with van der Waals surface area (Å²) >= 11 is 0. The minimum absolute atomic E-state index is 0.0739. The van der Waals surface area contributed by atoms with Gasteiger partial charge in [-0.25, -0.2) is 4.79 Å². The van der Waals surface area contributed by atoms with Gasteiger partial charge in [-0.05, 0) is 142 Å². The number of anilines is 2. The van der Waals surface area contributed by atoms with Crippen molar-refractivity contribution in [2.24, 2.45) is 51.2 Å². The minimum atomic E-state index is -0.311. The van der Waals surface area contributed by atoms with Gasteiger partial charge in [0.05, 0.1) is 5.56 Å². The molecule has 9 atom stereocenters. The Morgan fingerprint density at radius 1 is 0.951 bits per heavy atom. The zero-order chi connectivity index (χ0) is 30.0. The second kappa shape index (κ2) is 10.6. The summed E-state index contributed by atoms with van der Waals surface area (Å²) in [6.07, 6.45) is 15.1. The van der Waals surface area contributed by atoms with Crippen LogP contribution in [-0.2, 0) is 4.74 Å². The molecule has 4 heteroatoms. The van der Waals surface area contributed by atoms with Crippen molar-refractivity contribution in [1.82, 2.24) is 0 Å². The van der Waals surface area contributed by atoms with Gasteiger partial charge in [-0.1, -0.05) is 53.2 Å². The maximum Gasteiger partial charge on any atom is 0.340 e. The van der Waals surface area contributed by atoms with E-state index >= 15 is 0 Å². The van der Waals surface area contributed by atoms with Crippen LogP contribution in [0.15, 0.2) is 29.8 Å². The summed E-state index contributed by atoms with van der Waals surface area (Å²) in [4.78, 5) is 13.2. The quantitative estimate of drug-likeness (QED) is 0.206. The number of fused-ring (bicyclic) bond motifs is 5. The molecule has 4 saturated carbocycles. The number of carbonyl (C=O) groups is 1. The van der Waals surface area contributed by atoms with E-state index in [1.807, 2.05) is 0 Å². The van der Waals surface area contributed by atoms with Gasteiger partial charge in [-0.15, -0.1) is 0 Å². The number of hydrogen-bond donors (Lipinski definition) is 2. The van der Waals surface area contributed by atoms with Crippen LogP contribution in [0, 0.1) is 51.2 Å². The van der Waals surface area contributed by atoms with Crippen molar-refractivity contribution >= 4 is 17.3 Å². The van der Waals surface area contributed by atoms with Crippen molar-refractivity contribution < 1.29 is 9.53 Å². The molecule has 0 radical (unpaired) electrons. The predicted molar refractivity (Wildman–Crippen MR) is 171 cm³/mol. The fraction of sp³-hybridized carbons (Fsp3) is 0.757. The number of nitrogens with two attached hydrogens (primary N) is 2. The van der Waals surface area contributed by atoms with E-state index in [9.17, 15) is 4.79 Å². The fourth-order valence-electron chi connectivity index (χ4n) is 11.4. The summed E-state index contributed by atoms with van der Waals surface area (Å²) in [7, 11) is 0. The molecule has 8 unspecified atom stereocenters. The lowest BCUT2D eigenvalue weighted by Crippen LogP contribution is -2.62. The molecule has 0 heterocycles. The Morgan fingerprint density at radius 2 is 1.66 bits per heavy atom. The molecule has 228 valence electrons. The highest BCUT2D eigenvalue weighted by Crippen LogP contribution is 2.74. The Labute approximate surface area is 250 Å². The highest BCUT2D eigenvalue weighted by atomic mass is 16.5. The summed E-state index contributed by atoms with van der Waals surface area (Å²) in [6.45, 7) is 19.8. The zero-order valence-electron chi connectivity index (χ0n) is 27.3. The first-order valence-electron chi connectivity index (χ1n) is 16.6. The third-order valence-corrected chi connectivity index (χ3v) is 13.9. The second-order valence-electron chi connectivity index (χ2n) is 16.3. The Kier molecular flexibility index (Phi) is 7.91. The Balaban J connectivity index is 1.33. The van der Waals surface area contributed by atoms with Crippen LogP contribution in [-0.4, -0.2) is 12.1 Å². The number of allylic oxidation sites excluding steroid dienone is 2. The molecular weight excluding hydrogens is 504 g/mol. The number of ether oxygens (including phenoxy) is 1. The third kappa shape index (κ3) is 4.84. The van der Waals surface area contributed by atoms with Gasteiger partial charge in [-0.3, -0.25) is 0 Å². The molecule has 4 aliphatic carbocycles. The molecule has 0 spiro atoms. The summed E-state index contributed by atoms with van der Waals surface area (Å²) in [5, 5.41) is 0. The van der Waals surface area contributed by atoms with Crippen molar-refractivity contribution in [2.75, 3.05) is 11.5 Å². The smallest absolute Gasteiger partial charge is 0.340 e. The topological polar surface area (TPSA) is 78.3 Å². The maximum atomic E-state index is 13.2. The molecule has 0 aliphatic heterocycles. The van der Waals surface area contributed by atoms with Crippen molar-refractivity contribution in [3.63, 3.8) is 0 Å². The van der Waals surface area contributed by atoms with E-state index in [-0.39, 0.29) is 17.5 Å². The van der Waals surface area contributed by atoms with Crippen LogP contribution in [0.1, 0.15) is 130 Å². The summed E-state index contributed by atoms with van der Waals surface area (Å²) in [6, 6.07) is 5.08. The summed E-state index contributed by atoms with van der Waals surface area (Å²) in [5.41, 5.74) is 15.9. The zero-order valence-corrected chi connectivity index (χ0v) is 27.3. The molecule has 4 nitrogen and oxygen atoms in total. The van der Waals surface area contributed by atoms with Crippen LogP contribution in [0.5, 0.6) is 0 Å². The van der Waals surface area contributed by atoms with Gasteiger partial charge in [0, 0.05) is 16.8 Å². The Bertz CT molecular complexity index is 1180. The molecule has 0 amide bonds. The molecule has 0 aromatic heterocycles. The van der Waals surface area contributed by atoms with Gasteiger partial charge in [0.25, 0.3) is 0 Å². The van der Waals surface area contributed by atoms with Crippen molar-refractivity contribution in [3.8, 4) is 0 Å². The average molecular weight is 563 g/mol. The Morgan fingerprint density at radius 3 is 2.34 bits per heavy atom. The molecule has 4 fully saturated rings. The lowest BCUT2D eigenvalue weighted by Gasteiger charge is -2.67. The SMILES string of the molecule is CC(C)=CCCC(C)C1CCC2(C)C3CCC4C(C)(C)C(OC(=O)c5ccc(N)cc5N)CCC4(C)C3CC[C@]12C. The van der Waals surface area contributed by atoms with Gasteiger partial charge in [0.15, 0.2) is 0 Å². The van der Waals surface area contributed by atoms with Crippen LogP contribution in [0.3, 0.4) is 0 Å². The van der Waals surface area contributed by atoms with E-state index in [4.69, 9.17) is 16.2 Å². The van der Waals surface area contributed by atoms with E-state index in [0.29, 0.717) is 39.1 Å². The fourth-order valence-corrected chi connectivity index (χ4v) is 11.4. The highest BCUT2D eigenvalue weighted by molar-refractivity contribution is 5.95. The number of carbonyl (C=O) groups excluding carboxylic acids is 1. The molecule has 4 aliphatic rings. The van der Waals surface area contributed by atoms with Crippen molar-refractivity contribution in [2.45, 2.75) is 126 Å².